The van der Waals surface area contributed by atoms with Gasteiger partial charge >= 0.3 is 0 Å². The molecular formula is C23H27N5O5. The first-order valence-corrected chi connectivity index (χ1v) is 10.4. The Kier molecular flexibility index (Phi) is 7.27. The molecule has 0 aliphatic rings. The van der Waals surface area contributed by atoms with Gasteiger partial charge in [0.05, 0.1) is 12.8 Å². The fourth-order valence-corrected chi connectivity index (χ4v) is 3.39. The quantitative estimate of drug-likeness (QED) is 0.452. The molecule has 3 rings (SSSR count). The Bertz CT molecular complexity index is 1200. The molecule has 2 aromatic heterocycles. The molecule has 0 aliphatic carbocycles. The van der Waals surface area contributed by atoms with Crippen LogP contribution in [0.4, 0.5) is 5.95 Å². The van der Waals surface area contributed by atoms with Crippen LogP contribution in [0.2, 0.25) is 0 Å². The van der Waals surface area contributed by atoms with Crippen molar-refractivity contribution in [3.8, 4) is 5.75 Å². The predicted octanol–water partition coefficient (Wildman–Crippen LogP) is 1.93. The molecule has 0 bridgehead atoms. The Morgan fingerprint density at radius 3 is 2.55 bits per heavy atom. The molecule has 174 valence electrons. The fourth-order valence-electron chi connectivity index (χ4n) is 3.39. The highest BCUT2D eigenvalue weighted by Gasteiger charge is 2.24. The largest absolute Gasteiger partial charge is 0.486 e. The molecule has 10 nitrogen and oxygen atoms in total. The van der Waals surface area contributed by atoms with Crippen molar-refractivity contribution in [3.63, 3.8) is 0 Å². The maximum Gasteiger partial charge on any atom is 0.297 e. The van der Waals surface area contributed by atoms with Gasteiger partial charge in [0.2, 0.25) is 11.7 Å². The van der Waals surface area contributed by atoms with Crippen molar-refractivity contribution >= 4 is 17.6 Å². The number of rotatable bonds is 9. The van der Waals surface area contributed by atoms with Gasteiger partial charge in [0.15, 0.2) is 11.5 Å². The third kappa shape index (κ3) is 5.11. The average molecular weight is 453 g/mol. The van der Waals surface area contributed by atoms with Crippen LogP contribution in [-0.4, -0.2) is 59.0 Å². The minimum absolute atomic E-state index is 0.0347. The van der Waals surface area contributed by atoms with Gasteiger partial charge in [-0.2, -0.15) is 0 Å². The normalized spacial score (nSPS) is 10.7. The van der Waals surface area contributed by atoms with Crippen LogP contribution in [0.1, 0.15) is 38.9 Å². The van der Waals surface area contributed by atoms with Gasteiger partial charge in [-0.15, -0.1) is 0 Å². The molecule has 0 unspecified atom stereocenters. The molecule has 1 amide bonds. The third-order valence-electron chi connectivity index (χ3n) is 5.03. The van der Waals surface area contributed by atoms with Crippen LogP contribution in [-0.2, 0) is 20.0 Å². The minimum Gasteiger partial charge on any atom is -0.486 e. The Balaban J connectivity index is 2.01. The zero-order valence-corrected chi connectivity index (χ0v) is 19.4. The summed E-state index contributed by atoms with van der Waals surface area (Å²) in [7, 11) is 6.68. The summed E-state index contributed by atoms with van der Waals surface area (Å²) in [6.45, 7) is 2.23. The third-order valence-corrected chi connectivity index (χ3v) is 5.03. The van der Waals surface area contributed by atoms with Crippen molar-refractivity contribution < 1.29 is 18.8 Å². The summed E-state index contributed by atoms with van der Waals surface area (Å²) in [6, 6.07) is 7.24. The van der Waals surface area contributed by atoms with Crippen LogP contribution < -0.4 is 15.2 Å². The lowest BCUT2D eigenvalue weighted by molar-refractivity contribution is 0.0826. The SMILES string of the molecule is CCOc1c(C(=O)Cc2cnoc2)nc(N(C)Cc2ccccc2C(=O)N(C)C)n(C)c1=O. The molecule has 0 saturated carbocycles. The molecule has 10 heteroatoms. The molecule has 33 heavy (non-hydrogen) atoms. The lowest BCUT2D eigenvalue weighted by Gasteiger charge is -2.23. The van der Waals surface area contributed by atoms with Crippen LogP contribution in [0, 0.1) is 0 Å². The van der Waals surface area contributed by atoms with Crippen LogP contribution in [0.15, 0.2) is 46.0 Å². The number of anilines is 1. The van der Waals surface area contributed by atoms with Crippen molar-refractivity contribution in [2.45, 2.75) is 19.9 Å². The van der Waals surface area contributed by atoms with E-state index in [1.165, 1.54) is 21.9 Å². The minimum atomic E-state index is -0.472. The van der Waals surface area contributed by atoms with Gasteiger partial charge in [-0.25, -0.2) is 4.98 Å². The van der Waals surface area contributed by atoms with E-state index >= 15 is 0 Å². The zero-order valence-electron chi connectivity index (χ0n) is 19.4. The number of Topliss-reactive ketones (excluding diaryl/α,β-unsaturated/α-hetero) is 1. The highest BCUT2D eigenvalue weighted by atomic mass is 16.5. The Morgan fingerprint density at radius 1 is 1.18 bits per heavy atom. The monoisotopic (exact) mass is 453 g/mol. The second-order valence-electron chi connectivity index (χ2n) is 7.73. The molecule has 0 saturated heterocycles. The first-order chi connectivity index (χ1) is 15.7. The summed E-state index contributed by atoms with van der Waals surface area (Å²) < 4.78 is 11.6. The predicted molar refractivity (Wildman–Crippen MR) is 122 cm³/mol. The van der Waals surface area contributed by atoms with Gasteiger partial charge in [0.1, 0.15) is 6.26 Å². The molecule has 0 radical (unpaired) electrons. The number of nitrogens with zero attached hydrogens (tertiary/aromatic N) is 5. The summed E-state index contributed by atoms with van der Waals surface area (Å²) in [4.78, 5) is 46.4. The van der Waals surface area contributed by atoms with Crippen molar-refractivity contribution in [3.05, 3.63) is 69.5 Å². The van der Waals surface area contributed by atoms with Crippen molar-refractivity contribution in [1.82, 2.24) is 19.6 Å². The summed E-state index contributed by atoms with van der Waals surface area (Å²) in [5.74, 6) is -0.347. The van der Waals surface area contributed by atoms with Crippen molar-refractivity contribution in [1.29, 1.82) is 0 Å². The van der Waals surface area contributed by atoms with Gasteiger partial charge in [-0.1, -0.05) is 23.4 Å². The van der Waals surface area contributed by atoms with Crippen LogP contribution in [0.5, 0.6) is 5.75 Å². The standard InChI is InChI=1S/C23H27N5O5/c1-6-32-20-19(18(29)11-15-12-24-33-14-15)25-23(28(5)22(20)31)27(4)13-16-9-7-8-10-17(16)21(30)26(2)3/h7-10,12,14H,6,11,13H2,1-5H3. The molecular weight excluding hydrogens is 426 g/mol. The molecule has 0 N–H and O–H groups in total. The van der Waals surface area contributed by atoms with Crippen LogP contribution >= 0.6 is 0 Å². The Morgan fingerprint density at radius 2 is 1.91 bits per heavy atom. The fraction of sp³-hybridized carbons (Fsp3) is 0.348. The first kappa shape index (κ1) is 23.7. The van der Waals surface area contributed by atoms with Crippen molar-refractivity contribution in [2.24, 2.45) is 7.05 Å². The Hall–Kier alpha value is -3.95. The second-order valence-corrected chi connectivity index (χ2v) is 7.73. The van der Waals surface area contributed by atoms with E-state index in [-0.39, 0.29) is 36.3 Å². The molecule has 0 fully saturated rings. The lowest BCUT2D eigenvalue weighted by Crippen LogP contribution is -2.32. The van der Waals surface area contributed by atoms with E-state index in [2.05, 4.69) is 10.1 Å². The number of hydrogen-bond donors (Lipinski definition) is 0. The van der Waals surface area contributed by atoms with E-state index in [1.807, 2.05) is 12.1 Å². The van der Waals surface area contributed by atoms with E-state index < -0.39 is 11.3 Å². The van der Waals surface area contributed by atoms with E-state index in [1.54, 1.807) is 52.1 Å². The van der Waals surface area contributed by atoms with Gasteiger partial charge in [-0.05, 0) is 18.6 Å². The molecule has 3 aromatic rings. The molecule has 0 atom stereocenters. The number of ether oxygens (including phenoxy) is 1. The van der Waals surface area contributed by atoms with Crippen molar-refractivity contribution in [2.75, 3.05) is 32.6 Å². The number of hydrogen-bond acceptors (Lipinski definition) is 8. The molecule has 0 spiro atoms. The zero-order chi connectivity index (χ0) is 24.1. The van der Waals surface area contributed by atoms with Gasteiger partial charge in [-0.3, -0.25) is 19.0 Å². The maximum atomic E-state index is 13.1. The molecule has 1 aromatic carbocycles. The van der Waals surface area contributed by atoms with Gasteiger partial charge in [0.25, 0.3) is 11.5 Å². The number of aromatic nitrogens is 3. The first-order valence-electron chi connectivity index (χ1n) is 10.4. The van der Waals surface area contributed by atoms with Gasteiger partial charge < -0.3 is 19.1 Å². The molecule has 2 heterocycles. The van der Waals surface area contributed by atoms with E-state index in [4.69, 9.17) is 9.26 Å². The highest BCUT2D eigenvalue weighted by molar-refractivity contribution is 5.98. The van der Waals surface area contributed by atoms with Crippen LogP contribution in [0.3, 0.4) is 0 Å². The maximum absolute atomic E-state index is 13.1. The van der Waals surface area contributed by atoms with E-state index in [9.17, 15) is 14.4 Å². The Labute approximate surface area is 191 Å². The summed E-state index contributed by atoms with van der Waals surface area (Å²) in [6.07, 6.45) is 2.77. The topological polar surface area (TPSA) is 111 Å². The number of carbonyl (C=O) groups is 2. The van der Waals surface area contributed by atoms with E-state index in [0.717, 1.165) is 5.56 Å². The number of carbonyl (C=O) groups excluding carboxylic acids is 2. The summed E-state index contributed by atoms with van der Waals surface area (Å²) >= 11 is 0. The van der Waals surface area contributed by atoms with Gasteiger partial charge in [0, 0.05) is 52.3 Å². The average Bonchev–Trinajstić information content (AvgIpc) is 3.29. The van der Waals surface area contributed by atoms with E-state index in [0.29, 0.717) is 17.7 Å². The second kappa shape index (κ2) is 10.1. The lowest BCUT2D eigenvalue weighted by atomic mass is 10.1. The van der Waals surface area contributed by atoms with Crippen LogP contribution in [0.25, 0.3) is 0 Å². The number of amides is 1. The highest BCUT2D eigenvalue weighted by Crippen LogP contribution is 2.21. The smallest absolute Gasteiger partial charge is 0.297 e. The number of ketones is 1. The summed E-state index contributed by atoms with van der Waals surface area (Å²) in [5.41, 5.74) is 1.35. The number of benzene rings is 1. The molecule has 0 aliphatic heterocycles. The summed E-state index contributed by atoms with van der Waals surface area (Å²) in [5, 5.41) is 3.60.